The van der Waals surface area contributed by atoms with E-state index in [1.807, 2.05) is 0 Å². The zero-order valence-corrected chi connectivity index (χ0v) is 8.92. The number of hydrogen-bond donors (Lipinski definition) is 2. The second-order valence-corrected chi connectivity index (χ2v) is 4.22. The van der Waals surface area contributed by atoms with Gasteiger partial charge in [0.2, 0.25) is 0 Å². The van der Waals surface area contributed by atoms with Gasteiger partial charge in [-0.1, -0.05) is 6.07 Å². The van der Waals surface area contributed by atoms with Crippen molar-refractivity contribution < 1.29 is 13.9 Å². The first kappa shape index (κ1) is 11.5. The number of aliphatic hydroxyl groups is 1. The number of nitrogens with one attached hydrogen (secondary N) is 1. The molecule has 1 aromatic carbocycles. The van der Waals surface area contributed by atoms with Gasteiger partial charge in [0.1, 0.15) is 11.6 Å². The van der Waals surface area contributed by atoms with Crippen LogP contribution >= 0.6 is 0 Å². The molecule has 1 aliphatic carbocycles. The third kappa shape index (κ3) is 2.57. The topological polar surface area (TPSA) is 32.3 Å². The molecule has 4 heteroatoms. The van der Waals surface area contributed by atoms with E-state index in [0.717, 1.165) is 12.8 Å². The second kappa shape index (κ2) is 4.89. The van der Waals surface area contributed by atoms with Gasteiger partial charge in [-0.25, -0.2) is 8.78 Å². The lowest BCUT2D eigenvalue weighted by atomic mass is 10.1. The van der Waals surface area contributed by atoms with Gasteiger partial charge in [0.25, 0.3) is 0 Å². The van der Waals surface area contributed by atoms with Crippen molar-refractivity contribution >= 4 is 0 Å². The lowest BCUT2D eigenvalue weighted by molar-refractivity contribution is 0.237. The second-order valence-electron chi connectivity index (χ2n) is 4.22. The van der Waals surface area contributed by atoms with Crippen LogP contribution in [0.15, 0.2) is 18.2 Å². The van der Waals surface area contributed by atoms with Gasteiger partial charge < -0.3 is 10.4 Å². The average Bonchev–Trinajstić information content (AvgIpc) is 3.06. The summed E-state index contributed by atoms with van der Waals surface area (Å²) in [5, 5.41) is 12.2. The van der Waals surface area contributed by atoms with Crippen molar-refractivity contribution in [3.8, 4) is 0 Å². The van der Waals surface area contributed by atoms with E-state index in [4.69, 9.17) is 5.11 Å². The predicted octanol–water partition coefficient (Wildman–Crippen LogP) is 2.00. The van der Waals surface area contributed by atoms with E-state index in [2.05, 4.69) is 5.32 Å². The van der Waals surface area contributed by atoms with Crippen molar-refractivity contribution in [2.75, 3.05) is 13.2 Å². The standard InChI is InChI=1S/C12H15F2NO/c13-9-2-1-3-10(14)12(9)11(7-16)15-6-8-4-5-8/h1-3,8,11,15-16H,4-7H2. The van der Waals surface area contributed by atoms with Crippen LogP contribution in [0.4, 0.5) is 8.78 Å². The van der Waals surface area contributed by atoms with Gasteiger partial charge >= 0.3 is 0 Å². The highest BCUT2D eigenvalue weighted by Gasteiger charge is 2.24. The molecule has 0 amide bonds. The lowest BCUT2D eigenvalue weighted by Gasteiger charge is -2.17. The molecular weight excluding hydrogens is 212 g/mol. The van der Waals surface area contributed by atoms with Gasteiger partial charge in [0.05, 0.1) is 12.6 Å². The Balaban J connectivity index is 2.11. The maximum atomic E-state index is 13.4. The zero-order chi connectivity index (χ0) is 11.5. The number of hydrogen-bond acceptors (Lipinski definition) is 2. The van der Waals surface area contributed by atoms with Crippen molar-refractivity contribution in [2.24, 2.45) is 5.92 Å². The third-order valence-electron chi connectivity index (χ3n) is 2.88. The van der Waals surface area contributed by atoms with Crippen LogP contribution < -0.4 is 5.32 Å². The smallest absolute Gasteiger partial charge is 0.131 e. The summed E-state index contributed by atoms with van der Waals surface area (Å²) in [7, 11) is 0. The number of benzene rings is 1. The van der Waals surface area contributed by atoms with Gasteiger partial charge in [-0.3, -0.25) is 0 Å². The Morgan fingerprint density at radius 2 is 1.94 bits per heavy atom. The van der Waals surface area contributed by atoms with E-state index in [9.17, 15) is 8.78 Å². The summed E-state index contributed by atoms with van der Waals surface area (Å²) >= 11 is 0. The largest absolute Gasteiger partial charge is 0.394 e. The third-order valence-corrected chi connectivity index (χ3v) is 2.88. The van der Waals surface area contributed by atoms with Crippen LogP contribution in [0.2, 0.25) is 0 Å². The van der Waals surface area contributed by atoms with Crippen LogP contribution in [-0.2, 0) is 0 Å². The van der Waals surface area contributed by atoms with Crippen molar-refractivity contribution in [3.63, 3.8) is 0 Å². The Morgan fingerprint density at radius 3 is 2.44 bits per heavy atom. The first-order valence-corrected chi connectivity index (χ1v) is 5.50. The minimum atomic E-state index is -0.651. The van der Waals surface area contributed by atoms with Crippen LogP contribution in [0.25, 0.3) is 0 Å². The fourth-order valence-electron chi connectivity index (χ4n) is 1.73. The molecular formula is C12H15F2NO. The molecule has 1 aromatic rings. The summed E-state index contributed by atoms with van der Waals surface area (Å²) in [4.78, 5) is 0. The van der Waals surface area contributed by atoms with Crippen LogP contribution in [-0.4, -0.2) is 18.3 Å². The van der Waals surface area contributed by atoms with Gasteiger partial charge in [0, 0.05) is 5.56 Å². The molecule has 1 fully saturated rings. The minimum Gasteiger partial charge on any atom is -0.394 e. The maximum Gasteiger partial charge on any atom is 0.131 e. The Morgan fingerprint density at radius 1 is 1.31 bits per heavy atom. The summed E-state index contributed by atoms with van der Waals surface area (Å²) < 4.78 is 26.9. The first-order chi connectivity index (χ1) is 7.72. The Kier molecular flexibility index (Phi) is 3.51. The molecule has 1 atom stereocenters. The SMILES string of the molecule is OCC(NCC1CC1)c1c(F)cccc1F. The molecule has 2 rings (SSSR count). The molecule has 1 unspecified atom stereocenters. The fraction of sp³-hybridized carbons (Fsp3) is 0.500. The lowest BCUT2D eigenvalue weighted by Crippen LogP contribution is -2.28. The van der Waals surface area contributed by atoms with Crippen molar-refractivity contribution in [2.45, 2.75) is 18.9 Å². The molecule has 0 saturated heterocycles. The van der Waals surface area contributed by atoms with E-state index in [1.54, 1.807) is 0 Å². The van der Waals surface area contributed by atoms with Crippen molar-refractivity contribution in [3.05, 3.63) is 35.4 Å². The fourth-order valence-corrected chi connectivity index (χ4v) is 1.73. The minimum absolute atomic E-state index is 0.0642. The van der Waals surface area contributed by atoms with Gasteiger partial charge in [-0.15, -0.1) is 0 Å². The Hall–Kier alpha value is -1.00. The summed E-state index contributed by atoms with van der Waals surface area (Å²) in [6, 6.07) is 3.09. The average molecular weight is 227 g/mol. The molecule has 1 aliphatic rings. The molecule has 2 nitrogen and oxygen atoms in total. The zero-order valence-electron chi connectivity index (χ0n) is 8.92. The highest BCUT2D eigenvalue weighted by molar-refractivity contribution is 5.23. The predicted molar refractivity (Wildman–Crippen MR) is 56.9 cm³/mol. The number of aliphatic hydroxyl groups excluding tert-OH is 1. The van der Waals surface area contributed by atoms with E-state index >= 15 is 0 Å². The van der Waals surface area contributed by atoms with Gasteiger partial charge in [0.15, 0.2) is 0 Å². The van der Waals surface area contributed by atoms with Crippen LogP contribution in [0.3, 0.4) is 0 Å². The van der Waals surface area contributed by atoms with Crippen molar-refractivity contribution in [1.29, 1.82) is 0 Å². The Labute approximate surface area is 93.3 Å². The van der Waals surface area contributed by atoms with E-state index < -0.39 is 17.7 Å². The monoisotopic (exact) mass is 227 g/mol. The molecule has 88 valence electrons. The van der Waals surface area contributed by atoms with Gasteiger partial charge in [-0.2, -0.15) is 0 Å². The first-order valence-electron chi connectivity index (χ1n) is 5.50. The molecule has 0 aromatic heterocycles. The van der Waals surface area contributed by atoms with E-state index in [-0.39, 0.29) is 12.2 Å². The molecule has 1 saturated carbocycles. The summed E-state index contributed by atoms with van der Waals surface area (Å²) in [5.74, 6) is -0.617. The summed E-state index contributed by atoms with van der Waals surface area (Å²) in [5.41, 5.74) is -0.0642. The molecule has 2 N–H and O–H groups in total. The highest BCUT2D eigenvalue weighted by atomic mass is 19.1. The summed E-state index contributed by atoms with van der Waals surface area (Å²) in [6.45, 7) is 0.406. The normalized spacial score (nSPS) is 17.4. The van der Waals surface area contributed by atoms with E-state index in [1.165, 1.54) is 18.2 Å². The molecule has 0 radical (unpaired) electrons. The van der Waals surface area contributed by atoms with E-state index in [0.29, 0.717) is 12.5 Å². The van der Waals surface area contributed by atoms with Crippen molar-refractivity contribution in [1.82, 2.24) is 5.32 Å². The molecule has 0 heterocycles. The number of rotatable bonds is 5. The van der Waals surface area contributed by atoms with Crippen LogP contribution in [0, 0.1) is 17.6 Å². The molecule has 0 spiro atoms. The molecule has 0 bridgehead atoms. The molecule has 0 aliphatic heterocycles. The maximum absolute atomic E-state index is 13.4. The Bertz CT molecular complexity index is 346. The van der Waals surface area contributed by atoms with Crippen LogP contribution in [0.1, 0.15) is 24.4 Å². The van der Waals surface area contributed by atoms with Crippen LogP contribution in [0.5, 0.6) is 0 Å². The quantitative estimate of drug-likeness (QED) is 0.806. The number of halogens is 2. The highest BCUT2D eigenvalue weighted by Crippen LogP contribution is 2.29. The summed E-state index contributed by atoms with van der Waals surface area (Å²) in [6.07, 6.45) is 2.32. The molecule has 16 heavy (non-hydrogen) atoms. The van der Waals surface area contributed by atoms with Gasteiger partial charge in [-0.05, 0) is 37.4 Å².